The number of carbonyl (C=O) groups excluding carboxylic acids is 1. The number of imidazole rings is 1. The van der Waals surface area contributed by atoms with Crippen molar-refractivity contribution >= 4 is 22.9 Å². The zero-order chi connectivity index (χ0) is 23.8. The van der Waals surface area contributed by atoms with E-state index in [9.17, 15) is 9.90 Å². The quantitative estimate of drug-likeness (QED) is 0.368. The van der Waals surface area contributed by atoms with Crippen molar-refractivity contribution in [3.8, 4) is 34.1 Å². The van der Waals surface area contributed by atoms with E-state index in [2.05, 4.69) is 30.4 Å². The summed E-state index contributed by atoms with van der Waals surface area (Å²) in [6.45, 7) is 1.80. The van der Waals surface area contributed by atoms with Gasteiger partial charge in [-0.25, -0.2) is 9.97 Å². The molecule has 0 fully saturated rings. The first kappa shape index (κ1) is 21.1. The first-order chi connectivity index (χ1) is 16.4. The minimum absolute atomic E-state index is 0.0697. The molecule has 10 heteroatoms. The molecule has 0 spiro atoms. The SMILES string of the molecule is COc1ncccc1-c1ccc(O)c(-c2nc3cc(C(=O)Nc4nc(C)n(C)n4)ccc3[nH]2)c1. The highest BCUT2D eigenvalue weighted by atomic mass is 16.5. The maximum Gasteiger partial charge on any atom is 0.258 e. The molecule has 10 nitrogen and oxygen atoms in total. The van der Waals surface area contributed by atoms with E-state index in [-0.39, 0.29) is 17.6 Å². The highest BCUT2D eigenvalue weighted by Crippen LogP contribution is 2.35. The second-order valence-electron chi connectivity index (χ2n) is 7.67. The van der Waals surface area contributed by atoms with Gasteiger partial charge in [0.25, 0.3) is 5.91 Å². The number of amides is 1. The number of anilines is 1. The van der Waals surface area contributed by atoms with Crippen molar-refractivity contribution in [2.24, 2.45) is 7.05 Å². The molecule has 170 valence electrons. The normalized spacial score (nSPS) is 11.0. The minimum Gasteiger partial charge on any atom is -0.507 e. The topological polar surface area (TPSA) is 131 Å². The molecule has 0 atom stereocenters. The molecule has 2 aromatic carbocycles. The average molecular weight is 455 g/mol. The minimum atomic E-state index is -0.342. The third-order valence-electron chi connectivity index (χ3n) is 5.48. The van der Waals surface area contributed by atoms with Crippen LogP contribution in [0.5, 0.6) is 11.6 Å². The number of hydrogen-bond donors (Lipinski definition) is 3. The standard InChI is InChI=1S/C24H21N7O3/c1-13-26-24(30-31(13)2)29-22(33)15-6-8-18-19(12-15)28-21(27-18)17-11-14(7-9-20(17)32)16-5-4-10-25-23(16)34-3/h4-12,32H,1-3H3,(H,27,28)(H,29,30,33). The summed E-state index contributed by atoms with van der Waals surface area (Å²) in [5, 5.41) is 17.4. The molecule has 0 aliphatic carbocycles. The number of pyridine rings is 1. The van der Waals surface area contributed by atoms with E-state index < -0.39 is 0 Å². The molecule has 0 unspecified atom stereocenters. The van der Waals surface area contributed by atoms with E-state index in [1.807, 2.05) is 18.2 Å². The number of phenols is 1. The van der Waals surface area contributed by atoms with Gasteiger partial charge in [0.05, 0.1) is 23.7 Å². The number of aryl methyl sites for hydroxylation is 2. The lowest BCUT2D eigenvalue weighted by Gasteiger charge is -2.09. The van der Waals surface area contributed by atoms with Crippen LogP contribution in [0.4, 0.5) is 5.95 Å². The predicted octanol–water partition coefficient (Wildman–Crippen LogP) is 3.70. The number of fused-ring (bicyclic) bond motifs is 1. The maximum atomic E-state index is 12.7. The Labute approximate surface area is 194 Å². The number of methoxy groups -OCH3 is 1. The van der Waals surface area contributed by atoms with Gasteiger partial charge in [-0.2, -0.15) is 4.98 Å². The van der Waals surface area contributed by atoms with Gasteiger partial charge in [0, 0.05) is 24.4 Å². The number of benzene rings is 2. The van der Waals surface area contributed by atoms with Crippen molar-refractivity contribution in [3.63, 3.8) is 0 Å². The number of phenolic OH excluding ortho intramolecular Hbond substituents is 1. The average Bonchev–Trinajstić information content (AvgIpc) is 3.40. The van der Waals surface area contributed by atoms with Crippen molar-refractivity contribution in [2.45, 2.75) is 6.92 Å². The van der Waals surface area contributed by atoms with Gasteiger partial charge in [-0.15, -0.1) is 5.10 Å². The summed E-state index contributed by atoms with van der Waals surface area (Å²) in [6.07, 6.45) is 1.65. The molecule has 1 amide bonds. The first-order valence-electron chi connectivity index (χ1n) is 10.4. The van der Waals surface area contributed by atoms with Crippen LogP contribution >= 0.6 is 0 Å². The fraction of sp³-hybridized carbons (Fsp3) is 0.125. The fourth-order valence-electron chi connectivity index (χ4n) is 3.63. The summed E-state index contributed by atoms with van der Waals surface area (Å²) in [5.74, 6) is 1.61. The lowest BCUT2D eigenvalue weighted by molar-refractivity contribution is 0.102. The molecule has 0 bridgehead atoms. The van der Waals surface area contributed by atoms with Crippen LogP contribution < -0.4 is 10.1 Å². The van der Waals surface area contributed by atoms with E-state index in [0.29, 0.717) is 34.2 Å². The van der Waals surface area contributed by atoms with Crippen molar-refractivity contribution in [1.29, 1.82) is 0 Å². The van der Waals surface area contributed by atoms with Gasteiger partial charge in [0.15, 0.2) is 0 Å². The highest BCUT2D eigenvalue weighted by Gasteiger charge is 2.16. The summed E-state index contributed by atoms with van der Waals surface area (Å²) < 4.78 is 6.95. The largest absolute Gasteiger partial charge is 0.507 e. The lowest BCUT2D eigenvalue weighted by atomic mass is 10.0. The Morgan fingerprint density at radius 2 is 1.97 bits per heavy atom. The van der Waals surface area contributed by atoms with Gasteiger partial charge in [-0.1, -0.05) is 6.07 Å². The van der Waals surface area contributed by atoms with Crippen LogP contribution in [0.1, 0.15) is 16.2 Å². The Balaban J connectivity index is 1.48. The molecule has 0 saturated heterocycles. The second kappa shape index (κ2) is 8.32. The van der Waals surface area contributed by atoms with Crippen LogP contribution in [0.25, 0.3) is 33.5 Å². The van der Waals surface area contributed by atoms with Crippen LogP contribution in [0.2, 0.25) is 0 Å². The molecule has 0 aliphatic heterocycles. The molecule has 0 saturated carbocycles. The summed E-state index contributed by atoms with van der Waals surface area (Å²) in [4.78, 5) is 28.9. The van der Waals surface area contributed by atoms with Crippen molar-refractivity contribution in [2.75, 3.05) is 12.4 Å². The van der Waals surface area contributed by atoms with Crippen molar-refractivity contribution in [3.05, 3.63) is 66.1 Å². The zero-order valence-electron chi connectivity index (χ0n) is 18.7. The molecular formula is C24H21N7O3. The van der Waals surface area contributed by atoms with Crippen LogP contribution in [0, 0.1) is 6.92 Å². The van der Waals surface area contributed by atoms with Gasteiger partial charge in [-0.3, -0.25) is 14.8 Å². The van der Waals surface area contributed by atoms with E-state index in [4.69, 9.17) is 4.74 Å². The number of ether oxygens (including phenoxy) is 1. The van der Waals surface area contributed by atoms with E-state index in [1.54, 1.807) is 62.3 Å². The summed E-state index contributed by atoms with van der Waals surface area (Å²) >= 11 is 0. The maximum absolute atomic E-state index is 12.7. The van der Waals surface area contributed by atoms with Gasteiger partial charge in [0.2, 0.25) is 11.8 Å². The Hall–Kier alpha value is -4.73. The second-order valence-corrected chi connectivity index (χ2v) is 7.67. The molecule has 3 heterocycles. The fourth-order valence-corrected chi connectivity index (χ4v) is 3.63. The zero-order valence-corrected chi connectivity index (χ0v) is 18.7. The van der Waals surface area contributed by atoms with E-state index >= 15 is 0 Å². The molecular weight excluding hydrogens is 434 g/mol. The van der Waals surface area contributed by atoms with Gasteiger partial charge >= 0.3 is 0 Å². The van der Waals surface area contributed by atoms with Gasteiger partial charge in [-0.05, 0) is 55.0 Å². The van der Waals surface area contributed by atoms with Gasteiger partial charge in [0.1, 0.15) is 17.4 Å². The number of nitrogens with zero attached hydrogens (tertiary/aromatic N) is 5. The molecule has 3 N–H and O–H groups in total. The highest BCUT2D eigenvalue weighted by molar-refractivity contribution is 6.05. The van der Waals surface area contributed by atoms with Gasteiger partial charge < -0.3 is 14.8 Å². The number of aromatic amines is 1. The molecule has 34 heavy (non-hydrogen) atoms. The first-order valence-corrected chi connectivity index (χ1v) is 10.4. The number of aromatic hydroxyl groups is 1. The number of nitrogens with one attached hydrogen (secondary N) is 2. The number of carbonyl (C=O) groups is 1. The smallest absolute Gasteiger partial charge is 0.258 e. The van der Waals surface area contributed by atoms with Crippen LogP contribution in [0.3, 0.4) is 0 Å². The molecule has 3 aromatic heterocycles. The summed E-state index contributed by atoms with van der Waals surface area (Å²) in [7, 11) is 3.31. The number of H-pyrrole nitrogens is 1. The summed E-state index contributed by atoms with van der Waals surface area (Å²) in [5.41, 5.74) is 3.84. The predicted molar refractivity (Wildman–Crippen MR) is 127 cm³/mol. The van der Waals surface area contributed by atoms with E-state index in [1.165, 1.54) is 0 Å². The molecule has 0 aliphatic rings. The van der Waals surface area contributed by atoms with Crippen LogP contribution in [0.15, 0.2) is 54.7 Å². The monoisotopic (exact) mass is 455 g/mol. The Kier molecular flexibility index (Phi) is 5.17. The molecule has 0 radical (unpaired) electrons. The Morgan fingerprint density at radius 1 is 1.12 bits per heavy atom. The third-order valence-corrected chi connectivity index (χ3v) is 5.48. The van der Waals surface area contributed by atoms with Crippen LogP contribution in [-0.2, 0) is 7.05 Å². The van der Waals surface area contributed by atoms with Crippen LogP contribution in [-0.4, -0.2) is 47.8 Å². The number of aromatic nitrogens is 6. The number of hydrogen-bond acceptors (Lipinski definition) is 7. The Morgan fingerprint density at radius 3 is 2.74 bits per heavy atom. The summed E-state index contributed by atoms with van der Waals surface area (Å²) in [6, 6.07) is 14.0. The lowest BCUT2D eigenvalue weighted by Crippen LogP contribution is -2.13. The number of rotatable bonds is 5. The van der Waals surface area contributed by atoms with Crippen molar-refractivity contribution < 1.29 is 14.6 Å². The Bertz CT molecular complexity index is 1520. The molecule has 5 rings (SSSR count). The third kappa shape index (κ3) is 3.81. The van der Waals surface area contributed by atoms with Crippen molar-refractivity contribution in [1.82, 2.24) is 29.7 Å². The molecule has 5 aromatic rings. The van der Waals surface area contributed by atoms with E-state index in [0.717, 1.165) is 16.6 Å².